The predicted octanol–water partition coefficient (Wildman–Crippen LogP) is 0.658. The van der Waals surface area contributed by atoms with E-state index < -0.39 is 0 Å². The second-order valence-corrected chi connectivity index (χ2v) is 1.81. The van der Waals surface area contributed by atoms with Gasteiger partial charge in [0.15, 0.2) is 0 Å². The maximum Gasteiger partial charge on any atom is 0.143 e. The van der Waals surface area contributed by atoms with Crippen LogP contribution in [0.15, 0.2) is 11.5 Å². The van der Waals surface area contributed by atoms with Crippen molar-refractivity contribution in [3.05, 3.63) is 11.5 Å². The number of nitriles is 1. The molecule has 1 aliphatic rings. The van der Waals surface area contributed by atoms with Crippen LogP contribution in [-0.4, -0.2) is 6.04 Å². The van der Waals surface area contributed by atoms with Gasteiger partial charge in [-0.15, -0.1) is 4.72 Å². The second-order valence-electron chi connectivity index (χ2n) is 1.11. The fourth-order valence-electron chi connectivity index (χ4n) is 0.312. The Kier molecular flexibility index (Phi) is 1.35. The fourth-order valence-corrected chi connectivity index (χ4v) is 0.850. The Hall–Kier alpha value is -0.460. The highest BCUT2D eigenvalue weighted by molar-refractivity contribution is 8.00. The van der Waals surface area contributed by atoms with E-state index in [1.807, 2.05) is 11.5 Å². The molecule has 1 atom stereocenters. The summed E-state index contributed by atoms with van der Waals surface area (Å²) in [7, 11) is 0. The Labute approximate surface area is 46.3 Å². The van der Waals surface area contributed by atoms with E-state index >= 15 is 0 Å². The van der Waals surface area contributed by atoms with Crippen molar-refractivity contribution in [2.24, 2.45) is 0 Å². The van der Waals surface area contributed by atoms with Gasteiger partial charge < -0.3 is 0 Å². The third-order valence-electron chi connectivity index (χ3n) is 0.628. The lowest BCUT2D eigenvalue weighted by molar-refractivity contribution is 0.958. The van der Waals surface area contributed by atoms with Crippen LogP contribution >= 0.6 is 11.9 Å². The molecule has 0 N–H and O–H groups in total. The van der Waals surface area contributed by atoms with Crippen molar-refractivity contribution >= 4 is 11.9 Å². The summed E-state index contributed by atoms with van der Waals surface area (Å²) in [5.74, 6) is 0. The van der Waals surface area contributed by atoms with Crippen molar-refractivity contribution in [2.45, 2.75) is 6.04 Å². The molecule has 0 saturated carbocycles. The van der Waals surface area contributed by atoms with Gasteiger partial charge in [-0.2, -0.15) is 5.26 Å². The van der Waals surface area contributed by atoms with Gasteiger partial charge >= 0.3 is 0 Å². The van der Waals surface area contributed by atoms with E-state index in [0.29, 0.717) is 0 Å². The maximum atomic E-state index is 8.16. The zero-order chi connectivity index (χ0) is 5.11. The molecule has 0 aliphatic carbocycles. The second kappa shape index (κ2) is 2.01. The van der Waals surface area contributed by atoms with Crippen molar-refractivity contribution in [1.29, 1.82) is 5.26 Å². The highest BCUT2D eigenvalue weighted by Crippen LogP contribution is 2.10. The number of nitrogens with zero attached hydrogens (tertiary/aromatic N) is 2. The summed E-state index contributed by atoms with van der Waals surface area (Å²) >= 11 is 1.33. The fraction of sp³-hybridized carbons (Fsp3) is 0.250. The van der Waals surface area contributed by atoms with Gasteiger partial charge in [-0.3, -0.25) is 0 Å². The first kappa shape index (κ1) is 4.69. The summed E-state index contributed by atoms with van der Waals surface area (Å²) in [4.78, 5) is 0. The normalized spacial score (nSPS) is 27.6. The lowest BCUT2D eigenvalue weighted by Gasteiger charge is -1.85. The topological polar surface area (TPSA) is 37.9 Å². The van der Waals surface area contributed by atoms with Crippen molar-refractivity contribution < 1.29 is 0 Å². The quantitative estimate of drug-likeness (QED) is 0.430. The zero-order valence-electron chi connectivity index (χ0n) is 3.53. The van der Waals surface area contributed by atoms with Crippen LogP contribution in [0.25, 0.3) is 0 Å². The SMILES string of the molecule is N#CC1C=CS[N]1. The standard InChI is InChI=1S/C4H3N2S/c5-3-4-1-2-7-6-4/h1-2,4H. The molecule has 3 heteroatoms. The minimum Gasteiger partial charge on any atom is -0.196 e. The minimum absolute atomic E-state index is 0.190. The largest absolute Gasteiger partial charge is 0.196 e. The third kappa shape index (κ3) is 0.952. The van der Waals surface area contributed by atoms with Gasteiger partial charge in [-0.05, 0) is 23.4 Å². The molecule has 2 nitrogen and oxygen atoms in total. The number of rotatable bonds is 0. The first-order valence-electron chi connectivity index (χ1n) is 1.86. The Balaban J connectivity index is 2.47. The third-order valence-corrected chi connectivity index (χ3v) is 1.26. The molecule has 0 spiro atoms. The van der Waals surface area contributed by atoms with Crippen molar-refractivity contribution in [2.75, 3.05) is 0 Å². The van der Waals surface area contributed by atoms with Crippen LogP contribution in [-0.2, 0) is 0 Å². The van der Waals surface area contributed by atoms with Crippen LogP contribution in [0.1, 0.15) is 0 Å². The molecule has 0 aromatic carbocycles. The van der Waals surface area contributed by atoms with E-state index in [1.54, 1.807) is 6.08 Å². The Morgan fingerprint density at radius 2 is 2.71 bits per heavy atom. The van der Waals surface area contributed by atoms with E-state index in [2.05, 4.69) is 4.72 Å². The Morgan fingerprint density at radius 3 is 3.00 bits per heavy atom. The van der Waals surface area contributed by atoms with Gasteiger partial charge in [-0.1, -0.05) is 0 Å². The molecule has 1 heterocycles. The molecule has 1 unspecified atom stereocenters. The van der Waals surface area contributed by atoms with Crippen LogP contribution in [0.4, 0.5) is 0 Å². The molecule has 0 aromatic heterocycles. The molecular formula is C4H3N2S. The summed E-state index contributed by atoms with van der Waals surface area (Å²) in [6.07, 6.45) is 1.77. The highest BCUT2D eigenvalue weighted by atomic mass is 32.2. The monoisotopic (exact) mass is 111 g/mol. The van der Waals surface area contributed by atoms with E-state index in [4.69, 9.17) is 5.26 Å². The van der Waals surface area contributed by atoms with E-state index in [9.17, 15) is 0 Å². The molecule has 1 aliphatic heterocycles. The molecule has 0 bridgehead atoms. The van der Waals surface area contributed by atoms with Gasteiger partial charge in [0.05, 0.1) is 6.07 Å². The van der Waals surface area contributed by atoms with E-state index in [1.165, 1.54) is 11.9 Å². The zero-order valence-corrected chi connectivity index (χ0v) is 4.35. The van der Waals surface area contributed by atoms with Crippen molar-refractivity contribution in [1.82, 2.24) is 4.72 Å². The smallest absolute Gasteiger partial charge is 0.143 e. The molecule has 0 aromatic rings. The van der Waals surface area contributed by atoms with Crippen LogP contribution < -0.4 is 4.72 Å². The molecule has 0 saturated heterocycles. The summed E-state index contributed by atoms with van der Waals surface area (Å²) in [5.41, 5.74) is 0. The molecule has 1 rings (SSSR count). The summed E-state index contributed by atoms with van der Waals surface area (Å²) in [5, 5.41) is 9.97. The van der Waals surface area contributed by atoms with Gasteiger partial charge in [0.25, 0.3) is 0 Å². The van der Waals surface area contributed by atoms with Gasteiger partial charge in [-0.25, -0.2) is 0 Å². The Bertz CT molecular complexity index is 124. The molecule has 35 valence electrons. The maximum absolute atomic E-state index is 8.16. The lowest BCUT2D eigenvalue weighted by Crippen LogP contribution is -2.04. The molecule has 0 fully saturated rings. The molecule has 0 amide bonds. The lowest BCUT2D eigenvalue weighted by atomic mass is 10.4. The molecule has 7 heavy (non-hydrogen) atoms. The van der Waals surface area contributed by atoms with Crippen molar-refractivity contribution in [3.8, 4) is 6.07 Å². The average molecular weight is 111 g/mol. The number of hydrogen-bond acceptors (Lipinski definition) is 2. The Morgan fingerprint density at radius 1 is 1.86 bits per heavy atom. The highest BCUT2D eigenvalue weighted by Gasteiger charge is 2.06. The van der Waals surface area contributed by atoms with Gasteiger partial charge in [0.1, 0.15) is 6.04 Å². The van der Waals surface area contributed by atoms with Gasteiger partial charge in [0, 0.05) is 0 Å². The minimum atomic E-state index is -0.190. The van der Waals surface area contributed by atoms with Crippen LogP contribution in [0.2, 0.25) is 0 Å². The predicted molar refractivity (Wildman–Crippen MR) is 28.3 cm³/mol. The molecular weight excluding hydrogens is 108 g/mol. The van der Waals surface area contributed by atoms with E-state index in [-0.39, 0.29) is 6.04 Å². The van der Waals surface area contributed by atoms with Crippen LogP contribution in [0.3, 0.4) is 0 Å². The summed E-state index contributed by atoms with van der Waals surface area (Å²) in [6, 6.07) is 1.80. The average Bonchev–Trinajstić information content (AvgIpc) is 2.14. The molecule has 1 radical (unpaired) electrons. The number of hydrogen-bond donors (Lipinski definition) is 0. The van der Waals surface area contributed by atoms with Crippen LogP contribution in [0, 0.1) is 11.3 Å². The van der Waals surface area contributed by atoms with Gasteiger partial charge in [0.2, 0.25) is 0 Å². The summed E-state index contributed by atoms with van der Waals surface area (Å²) in [6.45, 7) is 0. The first-order valence-corrected chi connectivity index (χ1v) is 2.69. The first-order chi connectivity index (χ1) is 3.43. The van der Waals surface area contributed by atoms with Crippen molar-refractivity contribution in [3.63, 3.8) is 0 Å². The summed E-state index contributed by atoms with van der Waals surface area (Å²) < 4.78 is 3.80. The van der Waals surface area contributed by atoms with E-state index in [0.717, 1.165) is 0 Å². The van der Waals surface area contributed by atoms with Crippen LogP contribution in [0.5, 0.6) is 0 Å².